The zero-order valence-corrected chi connectivity index (χ0v) is 15.6. The van der Waals surface area contributed by atoms with Gasteiger partial charge in [-0.2, -0.15) is 0 Å². The lowest BCUT2D eigenvalue weighted by Gasteiger charge is -2.06. The van der Waals surface area contributed by atoms with E-state index in [1.807, 2.05) is 19.1 Å². The summed E-state index contributed by atoms with van der Waals surface area (Å²) in [6, 6.07) is 11.4. The minimum Gasteiger partial charge on any atom is -0.494 e. The molecule has 0 atom stereocenters. The maximum atomic E-state index is 12.4. The lowest BCUT2D eigenvalue weighted by Crippen LogP contribution is -2.11. The van der Waals surface area contributed by atoms with Crippen LogP contribution >= 0.6 is 11.3 Å². The summed E-state index contributed by atoms with van der Waals surface area (Å²) < 4.78 is 6.74. The first-order valence-electron chi connectivity index (χ1n) is 8.49. The van der Waals surface area contributed by atoms with E-state index in [2.05, 4.69) is 36.3 Å². The number of nitrogens with zero attached hydrogens (tertiary/aromatic N) is 1. The highest BCUT2D eigenvalue weighted by Crippen LogP contribution is 2.31. The zero-order chi connectivity index (χ0) is 17.8. The summed E-state index contributed by atoms with van der Waals surface area (Å²) in [5, 5.41) is 3.53. The third kappa shape index (κ3) is 3.99. The van der Waals surface area contributed by atoms with Gasteiger partial charge in [0.2, 0.25) is 0 Å². The Morgan fingerprint density at radius 2 is 1.84 bits per heavy atom. The van der Waals surface area contributed by atoms with E-state index >= 15 is 0 Å². The number of benzene rings is 2. The number of carbonyl (C=O) groups excluding carboxylic acids is 1. The van der Waals surface area contributed by atoms with Gasteiger partial charge in [0.25, 0.3) is 5.91 Å². The fraction of sp³-hybridized carbons (Fsp3) is 0.300. The second-order valence-corrected chi connectivity index (χ2v) is 7.08. The van der Waals surface area contributed by atoms with E-state index < -0.39 is 0 Å². The molecular formula is C20H22N2O2S. The molecule has 1 amide bonds. The molecule has 0 radical (unpaired) electrons. The number of rotatable bonds is 6. The second kappa shape index (κ2) is 7.66. The van der Waals surface area contributed by atoms with Crippen molar-refractivity contribution in [1.29, 1.82) is 0 Å². The van der Waals surface area contributed by atoms with Crippen molar-refractivity contribution in [3.05, 3.63) is 53.1 Å². The number of hydrogen-bond acceptors (Lipinski definition) is 4. The first-order chi connectivity index (χ1) is 12.1. The maximum absolute atomic E-state index is 12.4. The van der Waals surface area contributed by atoms with Crippen molar-refractivity contribution in [2.75, 3.05) is 11.9 Å². The quantitative estimate of drug-likeness (QED) is 0.608. The van der Waals surface area contributed by atoms with E-state index in [0.29, 0.717) is 17.3 Å². The van der Waals surface area contributed by atoms with Gasteiger partial charge in [-0.15, -0.1) is 0 Å². The molecule has 0 aliphatic carbocycles. The van der Waals surface area contributed by atoms with E-state index in [0.717, 1.165) is 34.4 Å². The van der Waals surface area contributed by atoms with Crippen LogP contribution < -0.4 is 10.1 Å². The highest BCUT2D eigenvalue weighted by atomic mass is 32.1. The molecule has 1 heterocycles. The lowest BCUT2D eigenvalue weighted by atomic mass is 10.1. The number of hydrogen-bond donors (Lipinski definition) is 1. The van der Waals surface area contributed by atoms with Crippen LogP contribution in [0.25, 0.3) is 10.2 Å². The Labute approximate surface area is 151 Å². The van der Waals surface area contributed by atoms with Crippen LogP contribution in [-0.2, 0) is 0 Å². The van der Waals surface area contributed by atoms with E-state index in [4.69, 9.17) is 4.74 Å². The minimum atomic E-state index is -0.158. The standard InChI is InChI=1S/C20H22N2O2S/c1-4-5-12-24-16-10-8-15(9-11-16)19(23)22-20-21-17-13(2)6-7-14(3)18(17)25-20/h6-11H,4-5,12H2,1-3H3,(H,21,22,23). The van der Waals surface area contributed by atoms with Gasteiger partial charge in [0.15, 0.2) is 5.13 Å². The molecule has 130 valence electrons. The molecule has 0 bridgehead atoms. The summed E-state index contributed by atoms with van der Waals surface area (Å²) in [7, 11) is 0. The number of anilines is 1. The minimum absolute atomic E-state index is 0.158. The predicted octanol–water partition coefficient (Wildman–Crippen LogP) is 5.34. The number of nitrogens with one attached hydrogen (secondary N) is 1. The van der Waals surface area contributed by atoms with Gasteiger partial charge >= 0.3 is 0 Å². The van der Waals surface area contributed by atoms with Gasteiger partial charge in [-0.3, -0.25) is 10.1 Å². The van der Waals surface area contributed by atoms with Crippen LogP contribution in [0.4, 0.5) is 5.13 Å². The Bertz CT molecular complexity index is 846. The van der Waals surface area contributed by atoms with Crippen molar-refractivity contribution in [3.8, 4) is 5.75 Å². The fourth-order valence-corrected chi connectivity index (χ4v) is 3.53. The number of ether oxygens (including phenoxy) is 1. The molecule has 1 aromatic heterocycles. The molecule has 0 spiro atoms. The van der Waals surface area contributed by atoms with E-state index in [-0.39, 0.29) is 5.91 Å². The average molecular weight is 354 g/mol. The Morgan fingerprint density at radius 1 is 1.12 bits per heavy atom. The largest absolute Gasteiger partial charge is 0.494 e. The third-order valence-corrected chi connectivity index (χ3v) is 5.15. The van der Waals surface area contributed by atoms with Crippen molar-refractivity contribution in [1.82, 2.24) is 4.98 Å². The SMILES string of the molecule is CCCCOc1ccc(C(=O)Nc2nc3c(C)ccc(C)c3s2)cc1. The fourth-order valence-electron chi connectivity index (χ4n) is 2.52. The molecule has 5 heteroatoms. The molecule has 0 unspecified atom stereocenters. The smallest absolute Gasteiger partial charge is 0.257 e. The van der Waals surface area contributed by atoms with Crippen LogP contribution in [0.1, 0.15) is 41.3 Å². The topological polar surface area (TPSA) is 51.2 Å². The Balaban J connectivity index is 1.72. The van der Waals surface area contributed by atoms with Gasteiger partial charge in [-0.1, -0.05) is 36.8 Å². The van der Waals surface area contributed by atoms with Crippen LogP contribution in [0.2, 0.25) is 0 Å². The van der Waals surface area contributed by atoms with Crippen LogP contribution in [0, 0.1) is 13.8 Å². The molecular weight excluding hydrogens is 332 g/mol. The summed E-state index contributed by atoms with van der Waals surface area (Å²) in [4.78, 5) is 17.0. The maximum Gasteiger partial charge on any atom is 0.257 e. The molecule has 0 aliphatic rings. The summed E-state index contributed by atoms with van der Waals surface area (Å²) in [6.45, 7) is 6.92. The van der Waals surface area contributed by atoms with Gasteiger partial charge < -0.3 is 4.74 Å². The summed E-state index contributed by atoms with van der Waals surface area (Å²) >= 11 is 1.51. The summed E-state index contributed by atoms with van der Waals surface area (Å²) in [6.07, 6.45) is 2.13. The Kier molecular flexibility index (Phi) is 5.34. The van der Waals surface area contributed by atoms with Gasteiger partial charge in [0.1, 0.15) is 5.75 Å². The molecule has 0 saturated heterocycles. The van der Waals surface area contributed by atoms with E-state index in [1.54, 1.807) is 12.1 Å². The molecule has 25 heavy (non-hydrogen) atoms. The normalized spacial score (nSPS) is 10.8. The zero-order valence-electron chi connectivity index (χ0n) is 14.8. The van der Waals surface area contributed by atoms with Crippen LogP contribution in [0.5, 0.6) is 5.75 Å². The number of carbonyl (C=O) groups is 1. The average Bonchev–Trinajstić information content (AvgIpc) is 3.04. The van der Waals surface area contributed by atoms with Crippen molar-refractivity contribution < 1.29 is 9.53 Å². The van der Waals surface area contributed by atoms with Gasteiger partial charge in [0, 0.05) is 5.56 Å². The number of aryl methyl sites for hydroxylation is 2. The summed E-state index contributed by atoms with van der Waals surface area (Å²) in [5.41, 5.74) is 3.84. The molecule has 4 nitrogen and oxygen atoms in total. The first kappa shape index (κ1) is 17.4. The van der Waals surface area contributed by atoms with Crippen molar-refractivity contribution in [2.24, 2.45) is 0 Å². The number of fused-ring (bicyclic) bond motifs is 1. The highest BCUT2D eigenvalue weighted by Gasteiger charge is 2.12. The number of aromatic nitrogens is 1. The monoisotopic (exact) mass is 354 g/mol. The molecule has 3 aromatic rings. The predicted molar refractivity (Wildman–Crippen MR) is 104 cm³/mol. The van der Waals surface area contributed by atoms with Crippen molar-refractivity contribution in [2.45, 2.75) is 33.6 Å². The molecule has 0 aliphatic heterocycles. The molecule has 2 aromatic carbocycles. The van der Waals surface area contributed by atoms with Crippen molar-refractivity contribution >= 4 is 32.6 Å². The highest BCUT2D eigenvalue weighted by molar-refractivity contribution is 7.22. The lowest BCUT2D eigenvalue weighted by molar-refractivity contribution is 0.102. The van der Waals surface area contributed by atoms with Gasteiger partial charge in [-0.25, -0.2) is 4.98 Å². The molecule has 0 saturated carbocycles. The van der Waals surface area contributed by atoms with Gasteiger partial charge in [-0.05, 0) is 55.7 Å². The number of unbranched alkanes of at least 4 members (excludes halogenated alkanes) is 1. The Morgan fingerprint density at radius 3 is 2.52 bits per heavy atom. The molecule has 0 fully saturated rings. The van der Waals surface area contributed by atoms with Crippen molar-refractivity contribution in [3.63, 3.8) is 0 Å². The van der Waals surface area contributed by atoms with Crippen LogP contribution in [-0.4, -0.2) is 17.5 Å². The number of thiazole rings is 1. The second-order valence-electron chi connectivity index (χ2n) is 6.08. The van der Waals surface area contributed by atoms with E-state index in [1.165, 1.54) is 16.9 Å². The summed E-state index contributed by atoms with van der Waals surface area (Å²) in [5.74, 6) is 0.630. The number of amides is 1. The molecule has 1 N–H and O–H groups in total. The first-order valence-corrected chi connectivity index (χ1v) is 9.31. The Hall–Kier alpha value is -2.40. The van der Waals surface area contributed by atoms with E-state index in [9.17, 15) is 4.79 Å². The van der Waals surface area contributed by atoms with Gasteiger partial charge in [0.05, 0.1) is 16.8 Å². The van der Waals surface area contributed by atoms with Crippen LogP contribution in [0.15, 0.2) is 36.4 Å². The van der Waals surface area contributed by atoms with Crippen LogP contribution in [0.3, 0.4) is 0 Å². The molecule has 3 rings (SSSR count). The third-order valence-electron chi connectivity index (χ3n) is 4.05.